The molecule has 0 bridgehead atoms. The predicted octanol–water partition coefficient (Wildman–Crippen LogP) is 0.681. The van der Waals surface area contributed by atoms with Gasteiger partial charge in [0, 0.05) is 44.8 Å². The molecule has 1 saturated heterocycles. The lowest BCUT2D eigenvalue weighted by molar-refractivity contribution is 0.0640. The van der Waals surface area contributed by atoms with Crippen molar-refractivity contribution in [2.75, 3.05) is 39.3 Å². The van der Waals surface area contributed by atoms with E-state index in [0.29, 0.717) is 19.6 Å². The van der Waals surface area contributed by atoms with Gasteiger partial charge >= 0.3 is 0 Å². The fourth-order valence-corrected chi connectivity index (χ4v) is 2.17. The fourth-order valence-electron chi connectivity index (χ4n) is 2.17. The number of amides is 1. The Labute approximate surface area is 110 Å². The summed E-state index contributed by atoms with van der Waals surface area (Å²) in [6.45, 7) is 4.08. The lowest BCUT2D eigenvalue weighted by Gasteiger charge is -2.34. The van der Waals surface area contributed by atoms with Gasteiger partial charge in [-0.3, -0.25) is 9.69 Å². The quantitative estimate of drug-likeness (QED) is 0.878. The Morgan fingerprint density at radius 1 is 1.16 bits per heavy atom. The van der Waals surface area contributed by atoms with Crippen molar-refractivity contribution < 1.29 is 13.6 Å². The Bertz CT molecular complexity index is 459. The van der Waals surface area contributed by atoms with E-state index in [9.17, 15) is 13.6 Å². The van der Waals surface area contributed by atoms with Crippen LogP contribution in [0.4, 0.5) is 8.78 Å². The van der Waals surface area contributed by atoms with E-state index in [0.717, 1.165) is 31.8 Å². The summed E-state index contributed by atoms with van der Waals surface area (Å²) < 4.78 is 25.9. The Kier molecular flexibility index (Phi) is 4.44. The molecule has 1 aromatic rings. The van der Waals surface area contributed by atoms with Crippen LogP contribution >= 0.6 is 0 Å². The average Bonchev–Trinajstić information content (AvgIpc) is 2.42. The highest BCUT2D eigenvalue weighted by Gasteiger charge is 2.22. The van der Waals surface area contributed by atoms with Gasteiger partial charge in [-0.25, -0.2) is 8.78 Å². The van der Waals surface area contributed by atoms with Crippen molar-refractivity contribution in [2.24, 2.45) is 5.73 Å². The first-order valence-corrected chi connectivity index (χ1v) is 6.28. The largest absolute Gasteiger partial charge is 0.336 e. The van der Waals surface area contributed by atoms with Crippen molar-refractivity contribution in [3.05, 3.63) is 35.4 Å². The van der Waals surface area contributed by atoms with Crippen molar-refractivity contribution in [3.63, 3.8) is 0 Å². The Morgan fingerprint density at radius 3 is 2.42 bits per heavy atom. The third-order valence-corrected chi connectivity index (χ3v) is 3.27. The van der Waals surface area contributed by atoms with E-state index in [2.05, 4.69) is 4.90 Å². The van der Waals surface area contributed by atoms with Crippen LogP contribution in [0, 0.1) is 11.6 Å². The topological polar surface area (TPSA) is 49.6 Å². The SMILES string of the molecule is NCCN1CCN(C(=O)c2ccc(F)c(F)c2)CC1. The first-order valence-electron chi connectivity index (χ1n) is 6.28. The first kappa shape index (κ1) is 13.9. The predicted molar refractivity (Wildman–Crippen MR) is 67.8 cm³/mol. The first-order chi connectivity index (χ1) is 9.11. The van der Waals surface area contributed by atoms with Gasteiger partial charge in [0.2, 0.25) is 0 Å². The van der Waals surface area contributed by atoms with Gasteiger partial charge in [-0.2, -0.15) is 0 Å². The van der Waals surface area contributed by atoms with Gasteiger partial charge in [0.05, 0.1) is 0 Å². The number of carbonyl (C=O) groups excluding carboxylic acids is 1. The maximum atomic E-state index is 13.1. The molecule has 0 saturated carbocycles. The maximum Gasteiger partial charge on any atom is 0.254 e. The number of hydrogen-bond donors (Lipinski definition) is 1. The molecule has 1 aliphatic rings. The molecule has 2 N–H and O–H groups in total. The minimum Gasteiger partial charge on any atom is -0.336 e. The maximum absolute atomic E-state index is 13.1. The van der Waals surface area contributed by atoms with E-state index < -0.39 is 11.6 Å². The minimum absolute atomic E-state index is 0.186. The van der Waals surface area contributed by atoms with E-state index in [1.807, 2.05) is 0 Å². The van der Waals surface area contributed by atoms with Crippen molar-refractivity contribution >= 4 is 5.91 Å². The Hall–Kier alpha value is -1.53. The number of halogens is 2. The second-order valence-electron chi connectivity index (χ2n) is 4.55. The highest BCUT2D eigenvalue weighted by Crippen LogP contribution is 2.12. The number of benzene rings is 1. The summed E-state index contributed by atoms with van der Waals surface area (Å²) in [7, 11) is 0. The molecule has 1 amide bonds. The Balaban J connectivity index is 1.99. The van der Waals surface area contributed by atoms with Gasteiger partial charge in [-0.05, 0) is 18.2 Å². The zero-order chi connectivity index (χ0) is 13.8. The molecule has 1 aliphatic heterocycles. The molecular formula is C13H17F2N3O. The number of rotatable bonds is 3. The van der Waals surface area contributed by atoms with Crippen LogP contribution < -0.4 is 5.73 Å². The second-order valence-corrected chi connectivity index (χ2v) is 4.55. The molecule has 0 spiro atoms. The lowest BCUT2D eigenvalue weighted by Crippen LogP contribution is -2.49. The van der Waals surface area contributed by atoms with E-state index >= 15 is 0 Å². The van der Waals surface area contributed by atoms with Gasteiger partial charge in [0.1, 0.15) is 0 Å². The van der Waals surface area contributed by atoms with Crippen LogP contribution in [0.5, 0.6) is 0 Å². The normalized spacial score (nSPS) is 16.7. The minimum atomic E-state index is -0.993. The van der Waals surface area contributed by atoms with Crippen molar-refractivity contribution in [1.29, 1.82) is 0 Å². The smallest absolute Gasteiger partial charge is 0.254 e. The molecule has 0 radical (unpaired) electrons. The molecule has 6 heteroatoms. The number of nitrogens with two attached hydrogens (primary N) is 1. The molecule has 0 aromatic heterocycles. The summed E-state index contributed by atoms with van der Waals surface area (Å²) in [5.41, 5.74) is 5.66. The highest BCUT2D eigenvalue weighted by molar-refractivity contribution is 5.94. The van der Waals surface area contributed by atoms with Crippen LogP contribution in [-0.2, 0) is 0 Å². The number of hydrogen-bond acceptors (Lipinski definition) is 3. The Morgan fingerprint density at radius 2 is 1.84 bits per heavy atom. The van der Waals surface area contributed by atoms with E-state index in [1.165, 1.54) is 6.07 Å². The lowest BCUT2D eigenvalue weighted by atomic mass is 10.1. The molecule has 19 heavy (non-hydrogen) atoms. The van der Waals surface area contributed by atoms with Gasteiger partial charge in [-0.15, -0.1) is 0 Å². The van der Waals surface area contributed by atoms with Crippen LogP contribution in [0.1, 0.15) is 10.4 Å². The molecule has 4 nitrogen and oxygen atoms in total. The summed E-state index contributed by atoms with van der Waals surface area (Å²) in [4.78, 5) is 15.9. The second kappa shape index (κ2) is 6.08. The zero-order valence-corrected chi connectivity index (χ0v) is 10.6. The van der Waals surface area contributed by atoms with Crippen molar-refractivity contribution in [1.82, 2.24) is 9.80 Å². The van der Waals surface area contributed by atoms with Gasteiger partial charge in [0.15, 0.2) is 11.6 Å². The molecule has 0 atom stereocenters. The van der Waals surface area contributed by atoms with Crippen LogP contribution in [0.15, 0.2) is 18.2 Å². The molecule has 1 aromatic carbocycles. The van der Waals surface area contributed by atoms with E-state index in [4.69, 9.17) is 5.73 Å². The fraction of sp³-hybridized carbons (Fsp3) is 0.462. The molecular weight excluding hydrogens is 252 g/mol. The van der Waals surface area contributed by atoms with Crippen molar-refractivity contribution in [2.45, 2.75) is 0 Å². The number of carbonyl (C=O) groups is 1. The molecule has 1 fully saturated rings. The van der Waals surface area contributed by atoms with Gasteiger partial charge < -0.3 is 10.6 Å². The molecule has 0 aliphatic carbocycles. The van der Waals surface area contributed by atoms with Crippen LogP contribution in [0.25, 0.3) is 0 Å². The summed E-state index contributed by atoms with van der Waals surface area (Å²) in [6, 6.07) is 3.24. The zero-order valence-electron chi connectivity index (χ0n) is 10.6. The van der Waals surface area contributed by atoms with Gasteiger partial charge in [-0.1, -0.05) is 0 Å². The summed E-state index contributed by atoms with van der Waals surface area (Å²) in [5.74, 6) is -2.19. The summed E-state index contributed by atoms with van der Waals surface area (Å²) in [6.07, 6.45) is 0. The summed E-state index contributed by atoms with van der Waals surface area (Å²) in [5, 5.41) is 0. The van der Waals surface area contributed by atoms with E-state index in [1.54, 1.807) is 4.90 Å². The highest BCUT2D eigenvalue weighted by atomic mass is 19.2. The average molecular weight is 269 g/mol. The number of piperazine rings is 1. The monoisotopic (exact) mass is 269 g/mol. The van der Waals surface area contributed by atoms with Crippen molar-refractivity contribution in [3.8, 4) is 0 Å². The van der Waals surface area contributed by atoms with E-state index in [-0.39, 0.29) is 11.5 Å². The van der Waals surface area contributed by atoms with Crippen LogP contribution in [0.3, 0.4) is 0 Å². The number of nitrogens with zero attached hydrogens (tertiary/aromatic N) is 2. The summed E-state index contributed by atoms with van der Waals surface area (Å²) >= 11 is 0. The molecule has 1 heterocycles. The molecule has 104 valence electrons. The van der Waals surface area contributed by atoms with Crippen LogP contribution in [0.2, 0.25) is 0 Å². The third-order valence-electron chi connectivity index (χ3n) is 3.27. The molecule has 2 rings (SSSR count). The molecule has 0 unspecified atom stereocenters. The van der Waals surface area contributed by atoms with Gasteiger partial charge in [0.25, 0.3) is 5.91 Å². The third kappa shape index (κ3) is 3.27. The standard InChI is InChI=1S/C13H17F2N3O/c14-11-2-1-10(9-12(11)15)13(19)18-7-5-17(4-3-16)6-8-18/h1-2,9H,3-8,16H2. The van der Waals surface area contributed by atoms with Crippen LogP contribution in [-0.4, -0.2) is 55.0 Å².